The fourth-order valence-electron chi connectivity index (χ4n) is 2.85. The van der Waals surface area contributed by atoms with E-state index in [0.29, 0.717) is 18.5 Å². The highest BCUT2D eigenvalue weighted by Gasteiger charge is 2.52. The molecule has 1 fully saturated rings. The van der Waals surface area contributed by atoms with Crippen molar-refractivity contribution in [2.24, 2.45) is 0 Å². The van der Waals surface area contributed by atoms with Crippen molar-refractivity contribution < 1.29 is 19.1 Å². The van der Waals surface area contributed by atoms with Gasteiger partial charge in [-0.15, -0.1) is 0 Å². The molecule has 126 valence electrons. The molecule has 1 aliphatic heterocycles. The topological polar surface area (TPSA) is 68.7 Å². The molecule has 6 heteroatoms. The van der Waals surface area contributed by atoms with Gasteiger partial charge in [0, 0.05) is 26.0 Å². The Kier molecular flexibility index (Phi) is 5.04. The molecular weight excluding hydrogens is 296 g/mol. The Balaban J connectivity index is 2.33. The quantitative estimate of drug-likeness (QED) is 0.794. The van der Waals surface area contributed by atoms with E-state index in [1.54, 1.807) is 23.2 Å². The summed E-state index contributed by atoms with van der Waals surface area (Å²) in [4.78, 5) is 31.2. The third-order valence-electron chi connectivity index (χ3n) is 3.80. The lowest BCUT2D eigenvalue weighted by Crippen LogP contribution is -2.58. The number of hydrogen-bond donors (Lipinski definition) is 0. The molecule has 0 bridgehead atoms. The van der Waals surface area contributed by atoms with Gasteiger partial charge in [0.2, 0.25) is 0 Å². The van der Waals surface area contributed by atoms with Gasteiger partial charge in [-0.25, -0.2) is 4.79 Å². The van der Waals surface area contributed by atoms with Gasteiger partial charge in [0.1, 0.15) is 5.60 Å². The second kappa shape index (κ2) is 6.66. The van der Waals surface area contributed by atoms with Gasteiger partial charge in [-0.1, -0.05) is 0 Å². The van der Waals surface area contributed by atoms with Gasteiger partial charge in [-0.2, -0.15) is 0 Å². The van der Waals surface area contributed by atoms with E-state index in [9.17, 15) is 9.59 Å². The number of aromatic nitrogens is 1. The molecule has 1 aliphatic rings. The number of methoxy groups -OCH3 is 1. The molecule has 23 heavy (non-hydrogen) atoms. The zero-order chi connectivity index (χ0) is 17.1. The number of carbonyl (C=O) groups is 2. The zero-order valence-corrected chi connectivity index (χ0v) is 14.2. The molecule has 0 spiro atoms. The highest BCUT2D eigenvalue weighted by molar-refractivity contribution is 5.98. The number of pyridine rings is 1. The third kappa shape index (κ3) is 3.69. The van der Waals surface area contributed by atoms with Crippen molar-refractivity contribution in [3.05, 3.63) is 30.1 Å². The minimum absolute atomic E-state index is 0.119. The lowest BCUT2D eigenvalue weighted by Gasteiger charge is -2.37. The Morgan fingerprint density at radius 2 is 2.13 bits per heavy atom. The summed E-state index contributed by atoms with van der Waals surface area (Å²) < 4.78 is 10.8. The summed E-state index contributed by atoms with van der Waals surface area (Å²) in [6.07, 6.45) is 4.38. The van der Waals surface area contributed by atoms with Gasteiger partial charge in [0.15, 0.2) is 5.54 Å². The predicted molar refractivity (Wildman–Crippen MR) is 85.0 cm³/mol. The molecule has 1 amide bonds. The standard InChI is InChI=1S/C17H24N2O4/c1-16(2,3)23-15(21)17(12-22-4)8-6-10-19(17)14(20)13-7-5-9-18-11-13/h5,7,9,11H,6,8,10,12H2,1-4H3. The molecule has 1 saturated heterocycles. The number of amides is 1. The van der Waals surface area contributed by atoms with Crippen LogP contribution >= 0.6 is 0 Å². The monoisotopic (exact) mass is 320 g/mol. The first-order chi connectivity index (χ1) is 10.8. The second-order valence-corrected chi connectivity index (χ2v) is 6.77. The maximum atomic E-state index is 12.8. The minimum atomic E-state index is -1.07. The molecule has 1 aromatic rings. The summed E-state index contributed by atoms with van der Waals surface area (Å²) in [5, 5.41) is 0. The van der Waals surface area contributed by atoms with Crippen LogP contribution in [-0.4, -0.2) is 53.2 Å². The van der Waals surface area contributed by atoms with Crippen molar-refractivity contribution in [2.45, 2.75) is 44.8 Å². The number of hydrogen-bond acceptors (Lipinski definition) is 5. The van der Waals surface area contributed by atoms with Crippen molar-refractivity contribution >= 4 is 11.9 Å². The molecule has 0 saturated carbocycles. The Morgan fingerprint density at radius 1 is 1.39 bits per heavy atom. The molecule has 6 nitrogen and oxygen atoms in total. The molecule has 1 aromatic heterocycles. The Morgan fingerprint density at radius 3 is 2.70 bits per heavy atom. The molecule has 0 N–H and O–H groups in total. The first-order valence-corrected chi connectivity index (χ1v) is 7.74. The number of nitrogens with zero attached hydrogens (tertiary/aromatic N) is 2. The molecule has 0 radical (unpaired) electrons. The number of carbonyl (C=O) groups excluding carboxylic acids is 2. The van der Waals surface area contributed by atoms with E-state index in [2.05, 4.69) is 4.98 Å². The largest absolute Gasteiger partial charge is 0.458 e. The summed E-state index contributed by atoms with van der Waals surface area (Å²) in [5.41, 5.74) is -1.24. The highest BCUT2D eigenvalue weighted by Crippen LogP contribution is 2.33. The van der Waals surface area contributed by atoms with E-state index in [-0.39, 0.29) is 12.5 Å². The van der Waals surface area contributed by atoms with E-state index in [1.807, 2.05) is 20.8 Å². The molecule has 1 atom stereocenters. The van der Waals surface area contributed by atoms with E-state index in [0.717, 1.165) is 6.42 Å². The molecule has 0 aliphatic carbocycles. The number of ether oxygens (including phenoxy) is 2. The number of esters is 1. The lowest BCUT2D eigenvalue weighted by molar-refractivity contribution is -0.170. The van der Waals surface area contributed by atoms with Gasteiger partial charge in [0.25, 0.3) is 5.91 Å². The van der Waals surface area contributed by atoms with E-state index in [1.165, 1.54) is 13.3 Å². The van der Waals surface area contributed by atoms with Crippen LogP contribution in [0.25, 0.3) is 0 Å². The number of likely N-dealkylation sites (tertiary alicyclic amines) is 1. The third-order valence-corrected chi connectivity index (χ3v) is 3.80. The minimum Gasteiger partial charge on any atom is -0.458 e. The van der Waals surface area contributed by atoms with Gasteiger partial charge < -0.3 is 14.4 Å². The normalized spacial score (nSPS) is 21.3. The Labute approximate surface area is 136 Å². The van der Waals surface area contributed by atoms with Crippen LogP contribution in [0, 0.1) is 0 Å². The van der Waals surface area contributed by atoms with Crippen molar-refractivity contribution in [1.82, 2.24) is 9.88 Å². The van der Waals surface area contributed by atoms with E-state index in [4.69, 9.17) is 9.47 Å². The van der Waals surface area contributed by atoms with Gasteiger partial charge in [0.05, 0.1) is 12.2 Å². The van der Waals surface area contributed by atoms with Crippen LogP contribution in [-0.2, 0) is 14.3 Å². The van der Waals surface area contributed by atoms with Crippen LogP contribution in [0.2, 0.25) is 0 Å². The average molecular weight is 320 g/mol. The number of rotatable bonds is 4. The van der Waals surface area contributed by atoms with Gasteiger partial charge in [-0.05, 0) is 45.7 Å². The van der Waals surface area contributed by atoms with Gasteiger partial charge >= 0.3 is 5.97 Å². The SMILES string of the molecule is COCC1(C(=O)OC(C)(C)C)CCCN1C(=O)c1cccnc1. The van der Waals surface area contributed by atoms with Crippen LogP contribution in [0.4, 0.5) is 0 Å². The Hall–Kier alpha value is -1.95. The van der Waals surface area contributed by atoms with Crippen molar-refractivity contribution in [1.29, 1.82) is 0 Å². The summed E-state index contributed by atoms with van der Waals surface area (Å²) in [6.45, 7) is 6.05. The maximum Gasteiger partial charge on any atom is 0.335 e. The zero-order valence-electron chi connectivity index (χ0n) is 14.2. The first kappa shape index (κ1) is 17.4. The van der Waals surface area contributed by atoms with Crippen LogP contribution in [0.15, 0.2) is 24.5 Å². The van der Waals surface area contributed by atoms with E-state index < -0.39 is 17.1 Å². The summed E-state index contributed by atoms with van der Waals surface area (Å²) >= 11 is 0. The molecule has 2 heterocycles. The first-order valence-electron chi connectivity index (χ1n) is 7.74. The van der Waals surface area contributed by atoms with Crippen molar-refractivity contribution in [3.63, 3.8) is 0 Å². The summed E-state index contributed by atoms with van der Waals surface area (Å²) in [6, 6.07) is 3.40. The highest BCUT2D eigenvalue weighted by atomic mass is 16.6. The molecule has 2 rings (SSSR count). The van der Waals surface area contributed by atoms with E-state index >= 15 is 0 Å². The van der Waals surface area contributed by atoms with Crippen molar-refractivity contribution in [3.8, 4) is 0 Å². The smallest absolute Gasteiger partial charge is 0.335 e. The van der Waals surface area contributed by atoms with Crippen molar-refractivity contribution in [2.75, 3.05) is 20.3 Å². The molecule has 0 aromatic carbocycles. The fourth-order valence-corrected chi connectivity index (χ4v) is 2.85. The van der Waals surface area contributed by atoms with Crippen LogP contribution < -0.4 is 0 Å². The predicted octanol–water partition coefficient (Wildman–Crippen LogP) is 2.04. The van der Waals surface area contributed by atoms with Gasteiger partial charge in [-0.3, -0.25) is 9.78 Å². The molecule has 1 unspecified atom stereocenters. The second-order valence-electron chi connectivity index (χ2n) is 6.77. The average Bonchev–Trinajstić information content (AvgIpc) is 2.91. The Bertz CT molecular complexity index is 568. The molecular formula is C17H24N2O4. The fraction of sp³-hybridized carbons (Fsp3) is 0.588. The summed E-state index contributed by atoms with van der Waals surface area (Å²) in [5.74, 6) is -0.639. The lowest BCUT2D eigenvalue weighted by atomic mass is 9.96. The van der Waals surface area contributed by atoms with Crippen LogP contribution in [0.1, 0.15) is 44.0 Å². The van der Waals surface area contributed by atoms with Crippen LogP contribution in [0.3, 0.4) is 0 Å². The maximum absolute atomic E-state index is 12.8. The summed E-state index contributed by atoms with van der Waals surface area (Å²) in [7, 11) is 1.52. The van der Waals surface area contributed by atoms with Crippen LogP contribution in [0.5, 0.6) is 0 Å².